The Balaban J connectivity index is 1.59. The van der Waals surface area contributed by atoms with Gasteiger partial charge in [-0.2, -0.15) is 0 Å². The zero-order chi connectivity index (χ0) is 18.0. The third kappa shape index (κ3) is 4.03. The van der Waals surface area contributed by atoms with Crippen LogP contribution in [-0.2, 0) is 0 Å². The highest BCUT2D eigenvalue weighted by Gasteiger charge is 2.29. The summed E-state index contributed by atoms with van der Waals surface area (Å²) in [5.74, 6) is 0.179. The van der Waals surface area contributed by atoms with Gasteiger partial charge in [-0.3, -0.25) is 4.79 Å². The van der Waals surface area contributed by atoms with Gasteiger partial charge in [0, 0.05) is 48.2 Å². The maximum absolute atomic E-state index is 12.9. The molecule has 3 rings (SSSR count). The fraction of sp³-hybridized carbons (Fsp3) is 0.500. The maximum atomic E-state index is 12.9. The number of ketones is 1. The lowest BCUT2D eigenvalue weighted by molar-refractivity contribution is 0.0855. The predicted molar refractivity (Wildman–Crippen MR) is 99.8 cm³/mol. The van der Waals surface area contributed by atoms with Gasteiger partial charge in [-0.05, 0) is 24.3 Å². The van der Waals surface area contributed by atoms with E-state index in [1.54, 1.807) is 0 Å². The van der Waals surface area contributed by atoms with Crippen LogP contribution in [0.3, 0.4) is 0 Å². The Morgan fingerprint density at radius 3 is 2.56 bits per heavy atom. The molecule has 1 fully saturated rings. The Bertz CT molecular complexity index is 765. The van der Waals surface area contributed by atoms with Gasteiger partial charge in [0.15, 0.2) is 5.78 Å². The molecule has 25 heavy (non-hydrogen) atoms. The van der Waals surface area contributed by atoms with Crippen molar-refractivity contribution in [3.8, 4) is 0 Å². The third-order valence-electron chi connectivity index (χ3n) is 4.78. The highest BCUT2D eigenvalue weighted by molar-refractivity contribution is 6.08. The first kappa shape index (κ1) is 17.5. The van der Waals surface area contributed by atoms with Crippen LogP contribution in [0, 0.1) is 11.3 Å². The summed E-state index contributed by atoms with van der Waals surface area (Å²) in [6, 6.07) is 7.85. The van der Waals surface area contributed by atoms with E-state index in [9.17, 15) is 9.59 Å². The molecule has 1 aliphatic rings. The van der Waals surface area contributed by atoms with Gasteiger partial charge >= 0.3 is 6.03 Å². The first-order valence-corrected chi connectivity index (χ1v) is 8.98. The van der Waals surface area contributed by atoms with E-state index in [4.69, 9.17) is 0 Å². The number of amides is 2. The Hall–Kier alpha value is -2.30. The quantitative estimate of drug-likeness (QED) is 0.834. The lowest BCUT2D eigenvalue weighted by atomic mass is 9.89. The number of Topliss-reactive ketones (excluding diaryl/α,β-unsaturated/α-hetero) is 1. The summed E-state index contributed by atoms with van der Waals surface area (Å²) in [4.78, 5) is 30.1. The van der Waals surface area contributed by atoms with Crippen LogP contribution >= 0.6 is 0 Å². The van der Waals surface area contributed by atoms with Crippen LogP contribution in [0.25, 0.3) is 10.9 Å². The van der Waals surface area contributed by atoms with Gasteiger partial charge in [-0.15, -0.1) is 0 Å². The van der Waals surface area contributed by atoms with Crippen molar-refractivity contribution < 1.29 is 9.59 Å². The number of para-hydroxylation sites is 1. The lowest BCUT2D eigenvalue weighted by Gasteiger charge is -2.32. The van der Waals surface area contributed by atoms with Crippen molar-refractivity contribution in [2.24, 2.45) is 11.3 Å². The largest absolute Gasteiger partial charge is 0.360 e. The van der Waals surface area contributed by atoms with Gasteiger partial charge in [0.2, 0.25) is 0 Å². The Labute approximate surface area is 148 Å². The molecule has 0 spiro atoms. The van der Waals surface area contributed by atoms with Crippen molar-refractivity contribution in [2.45, 2.75) is 33.6 Å². The summed E-state index contributed by atoms with van der Waals surface area (Å²) in [5.41, 5.74) is 1.83. The molecule has 1 aromatic carbocycles. The normalized spacial score (nSPS) is 16.2. The SMILES string of the molecule is CC(C)(C)CNC(=O)N1CCC(C(=O)c2c[nH]c3ccccc23)CC1. The highest BCUT2D eigenvalue weighted by Crippen LogP contribution is 2.26. The van der Waals surface area contributed by atoms with Crippen LogP contribution in [0.15, 0.2) is 30.5 Å². The van der Waals surface area contributed by atoms with E-state index in [0.29, 0.717) is 19.6 Å². The molecule has 0 bridgehead atoms. The molecule has 0 unspecified atom stereocenters. The van der Waals surface area contributed by atoms with E-state index in [1.165, 1.54) is 0 Å². The first-order chi connectivity index (χ1) is 11.8. The number of carbonyl (C=O) groups excluding carboxylic acids is 2. The van der Waals surface area contributed by atoms with Crippen molar-refractivity contribution in [1.82, 2.24) is 15.2 Å². The van der Waals surface area contributed by atoms with Gasteiger partial charge in [-0.1, -0.05) is 39.0 Å². The van der Waals surface area contributed by atoms with E-state index in [-0.39, 0.29) is 23.1 Å². The second-order valence-electron chi connectivity index (χ2n) is 8.09. The number of likely N-dealkylation sites (tertiary alicyclic amines) is 1. The number of piperidine rings is 1. The molecular weight excluding hydrogens is 314 g/mol. The summed E-state index contributed by atoms with van der Waals surface area (Å²) < 4.78 is 0. The van der Waals surface area contributed by atoms with E-state index in [0.717, 1.165) is 29.3 Å². The molecule has 2 heterocycles. The lowest BCUT2D eigenvalue weighted by Crippen LogP contribution is -2.47. The molecular formula is C20H27N3O2. The molecule has 2 aromatic rings. The molecule has 0 saturated carbocycles. The predicted octanol–water partition coefficient (Wildman–Crippen LogP) is 3.82. The monoisotopic (exact) mass is 341 g/mol. The number of hydrogen-bond donors (Lipinski definition) is 2. The number of fused-ring (bicyclic) bond motifs is 1. The van der Waals surface area contributed by atoms with Gasteiger partial charge in [0.1, 0.15) is 0 Å². The molecule has 1 saturated heterocycles. The standard InChI is InChI=1S/C20H27N3O2/c1-20(2,3)13-22-19(25)23-10-8-14(9-11-23)18(24)16-12-21-17-7-5-4-6-15(16)17/h4-7,12,14,21H,8-11,13H2,1-3H3,(H,22,25). The summed E-state index contributed by atoms with van der Waals surface area (Å²) in [7, 11) is 0. The van der Waals surface area contributed by atoms with Gasteiger partial charge < -0.3 is 15.2 Å². The Morgan fingerprint density at radius 1 is 1.20 bits per heavy atom. The molecule has 0 radical (unpaired) electrons. The second-order valence-corrected chi connectivity index (χ2v) is 8.09. The van der Waals surface area contributed by atoms with E-state index in [1.807, 2.05) is 35.4 Å². The molecule has 1 aromatic heterocycles. The minimum atomic E-state index is -0.0204. The topological polar surface area (TPSA) is 65.2 Å². The van der Waals surface area contributed by atoms with E-state index < -0.39 is 0 Å². The van der Waals surface area contributed by atoms with Crippen LogP contribution in [0.4, 0.5) is 4.79 Å². The maximum Gasteiger partial charge on any atom is 0.317 e. The molecule has 134 valence electrons. The van der Waals surface area contributed by atoms with Crippen LogP contribution in [-0.4, -0.2) is 41.3 Å². The van der Waals surface area contributed by atoms with Crippen molar-refractivity contribution in [3.63, 3.8) is 0 Å². The van der Waals surface area contributed by atoms with Crippen LogP contribution < -0.4 is 5.32 Å². The average Bonchev–Trinajstić information content (AvgIpc) is 3.02. The van der Waals surface area contributed by atoms with E-state index >= 15 is 0 Å². The second kappa shape index (κ2) is 6.90. The Kier molecular flexibility index (Phi) is 4.84. The zero-order valence-corrected chi connectivity index (χ0v) is 15.3. The van der Waals surface area contributed by atoms with Crippen molar-refractivity contribution in [3.05, 3.63) is 36.0 Å². The van der Waals surface area contributed by atoms with E-state index in [2.05, 4.69) is 31.1 Å². The highest BCUT2D eigenvalue weighted by atomic mass is 16.2. The van der Waals surface area contributed by atoms with Crippen LogP contribution in [0.5, 0.6) is 0 Å². The number of nitrogens with one attached hydrogen (secondary N) is 2. The van der Waals surface area contributed by atoms with Crippen LogP contribution in [0.1, 0.15) is 44.0 Å². The van der Waals surface area contributed by atoms with Gasteiger partial charge in [0.25, 0.3) is 0 Å². The number of benzene rings is 1. The number of hydrogen-bond acceptors (Lipinski definition) is 2. The summed E-state index contributed by atoms with van der Waals surface area (Å²) in [5, 5.41) is 3.97. The summed E-state index contributed by atoms with van der Waals surface area (Å²) >= 11 is 0. The molecule has 5 heteroatoms. The van der Waals surface area contributed by atoms with Gasteiger partial charge in [0.05, 0.1) is 0 Å². The van der Waals surface area contributed by atoms with Gasteiger partial charge in [-0.25, -0.2) is 4.79 Å². The fourth-order valence-corrected chi connectivity index (χ4v) is 3.29. The third-order valence-corrected chi connectivity index (χ3v) is 4.78. The van der Waals surface area contributed by atoms with Crippen LogP contribution in [0.2, 0.25) is 0 Å². The van der Waals surface area contributed by atoms with Crippen molar-refractivity contribution in [1.29, 1.82) is 0 Å². The zero-order valence-electron chi connectivity index (χ0n) is 15.3. The van der Waals surface area contributed by atoms with Crippen molar-refractivity contribution >= 4 is 22.7 Å². The molecule has 5 nitrogen and oxygen atoms in total. The fourth-order valence-electron chi connectivity index (χ4n) is 3.29. The summed E-state index contributed by atoms with van der Waals surface area (Å²) in [6.07, 6.45) is 3.26. The minimum Gasteiger partial charge on any atom is -0.360 e. The minimum absolute atomic E-state index is 0.00845. The number of rotatable bonds is 3. The number of urea groups is 1. The number of carbonyl (C=O) groups is 2. The molecule has 2 amide bonds. The first-order valence-electron chi connectivity index (χ1n) is 8.98. The molecule has 0 aliphatic carbocycles. The number of aromatic amines is 1. The number of aromatic nitrogens is 1. The molecule has 0 atom stereocenters. The number of nitrogens with zero attached hydrogens (tertiary/aromatic N) is 1. The average molecular weight is 341 g/mol. The molecule has 2 N–H and O–H groups in total. The van der Waals surface area contributed by atoms with Crippen molar-refractivity contribution in [2.75, 3.05) is 19.6 Å². The Morgan fingerprint density at radius 2 is 1.88 bits per heavy atom. The molecule has 1 aliphatic heterocycles. The smallest absolute Gasteiger partial charge is 0.317 e. The summed E-state index contributed by atoms with van der Waals surface area (Å²) in [6.45, 7) is 8.21. The number of H-pyrrole nitrogens is 1.